The second-order valence-corrected chi connectivity index (χ2v) is 17.1. The molecule has 3 N–H and O–H groups in total. The molecule has 13 nitrogen and oxygen atoms in total. The summed E-state index contributed by atoms with van der Waals surface area (Å²) in [4.78, 5) is 61.0. The molecule has 4 amide bonds. The van der Waals surface area contributed by atoms with Gasteiger partial charge in [-0.2, -0.15) is 0 Å². The van der Waals surface area contributed by atoms with Gasteiger partial charge < -0.3 is 25.0 Å². The van der Waals surface area contributed by atoms with Gasteiger partial charge in [0.25, 0.3) is 5.91 Å². The Bertz CT molecular complexity index is 1770. The lowest BCUT2D eigenvalue weighted by Gasteiger charge is -2.35. The third kappa shape index (κ3) is 8.21. The summed E-state index contributed by atoms with van der Waals surface area (Å²) in [7, 11) is -3.88. The van der Waals surface area contributed by atoms with Gasteiger partial charge in [0.2, 0.25) is 21.8 Å². The first-order valence-electron chi connectivity index (χ1n) is 17.7. The summed E-state index contributed by atoms with van der Waals surface area (Å²) >= 11 is 0. The van der Waals surface area contributed by atoms with Crippen molar-refractivity contribution in [1.82, 2.24) is 25.2 Å². The standard InChI is InChI=1S/C37H47N5O8S/c1-5-24-21-37(24,34(45)41-51(47,48)28-15-16-28)40-32(43)30-20-27(49-26-17-18-38-29(19-26)23-11-7-6-8-12-23)22-42(30)33(44)31(36(2,3)4)39-35(46)50-25-13-9-10-14-25/h5-8,11-12,17-19,24-25,27-28,30-31H,1,9-10,13-16,20-22H2,2-4H3,(H,39,46)(H,40,43)(H,41,45)/t24?,27-,30?,31-,37-/m1/s1. The summed E-state index contributed by atoms with van der Waals surface area (Å²) in [6.45, 7) is 9.21. The summed E-state index contributed by atoms with van der Waals surface area (Å²) in [5, 5.41) is 4.94. The topological polar surface area (TPSA) is 173 Å². The molecule has 1 aromatic heterocycles. The molecule has 2 unspecified atom stereocenters. The van der Waals surface area contributed by atoms with Crippen LogP contribution in [0, 0.1) is 11.3 Å². The van der Waals surface area contributed by atoms with Gasteiger partial charge in [0.05, 0.1) is 17.5 Å². The van der Waals surface area contributed by atoms with E-state index < -0.39 is 74.1 Å². The van der Waals surface area contributed by atoms with Crippen LogP contribution in [0.15, 0.2) is 61.3 Å². The fraction of sp³-hybridized carbons (Fsp3) is 0.541. The maximum Gasteiger partial charge on any atom is 0.408 e. The van der Waals surface area contributed by atoms with Gasteiger partial charge >= 0.3 is 6.09 Å². The van der Waals surface area contributed by atoms with E-state index in [4.69, 9.17) is 9.47 Å². The molecule has 0 spiro atoms. The molecule has 3 saturated carbocycles. The quantitative estimate of drug-likeness (QED) is 0.275. The predicted octanol–water partition coefficient (Wildman–Crippen LogP) is 3.85. The van der Waals surface area contributed by atoms with E-state index in [2.05, 4.69) is 26.9 Å². The van der Waals surface area contributed by atoms with Crippen molar-refractivity contribution in [3.63, 3.8) is 0 Å². The zero-order chi connectivity index (χ0) is 36.6. The summed E-state index contributed by atoms with van der Waals surface area (Å²) in [6, 6.07) is 10.9. The fourth-order valence-corrected chi connectivity index (χ4v) is 8.33. The van der Waals surface area contributed by atoms with Crippen LogP contribution in [0.1, 0.15) is 72.1 Å². The number of nitrogens with zero attached hydrogens (tertiary/aromatic N) is 2. The summed E-state index contributed by atoms with van der Waals surface area (Å²) in [6.07, 6.45) is 6.20. The number of sulfonamides is 1. The average Bonchev–Trinajstić information content (AvgIpc) is 3.97. The Kier molecular flexibility index (Phi) is 10.2. The molecular weight excluding hydrogens is 675 g/mol. The Hall–Kier alpha value is -4.46. The average molecular weight is 722 g/mol. The zero-order valence-corrected chi connectivity index (χ0v) is 30.1. The van der Waals surface area contributed by atoms with E-state index in [1.807, 2.05) is 51.1 Å². The summed E-state index contributed by atoms with van der Waals surface area (Å²) in [5.41, 5.74) is -0.731. The maximum atomic E-state index is 14.5. The van der Waals surface area contributed by atoms with Crippen LogP contribution in [0.5, 0.6) is 5.75 Å². The van der Waals surface area contributed by atoms with Gasteiger partial charge in [0.15, 0.2) is 0 Å². The minimum absolute atomic E-state index is 0.00594. The van der Waals surface area contributed by atoms with E-state index in [1.165, 1.54) is 11.0 Å². The molecule has 274 valence electrons. The van der Waals surface area contributed by atoms with E-state index in [9.17, 15) is 27.6 Å². The van der Waals surface area contributed by atoms with Crippen LogP contribution < -0.4 is 20.1 Å². The summed E-state index contributed by atoms with van der Waals surface area (Å²) in [5.74, 6) is -1.99. The van der Waals surface area contributed by atoms with Gasteiger partial charge in [-0.15, -0.1) is 6.58 Å². The lowest BCUT2D eigenvalue weighted by atomic mass is 9.85. The highest BCUT2D eigenvalue weighted by Crippen LogP contribution is 2.45. The molecule has 1 saturated heterocycles. The Labute approximate surface area is 299 Å². The normalized spacial score (nSPS) is 25.4. The number of carbonyl (C=O) groups is 4. The number of carbonyl (C=O) groups excluding carboxylic acids is 4. The Balaban J connectivity index is 1.25. The van der Waals surface area contributed by atoms with Gasteiger partial charge in [-0.05, 0) is 56.4 Å². The van der Waals surface area contributed by atoms with Crippen molar-refractivity contribution in [2.75, 3.05) is 6.54 Å². The van der Waals surface area contributed by atoms with Crippen molar-refractivity contribution in [2.24, 2.45) is 11.3 Å². The predicted molar refractivity (Wildman–Crippen MR) is 189 cm³/mol. The molecule has 0 radical (unpaired) electrons. The molecule has 6 rings (SSSR count). The number of aromatic nitrogens is 1. The molecule has 3 aliphatic carbocycles. The van der Waals surface area contributed by atoms with Crippen molar-refractivity contribution in [3.05, 3.63) is 61.3 Å². The first-order chi connectivity index (χ1) is 24.2. The largest absolute Gasteiger partial charge is 0.488 e. The zero-order valence-electron chi connectivity index (χ0n) is 29.3. The number of ether oxygens (including phenoxy) is 2. The molecule has 1 aromatic carbocycles. The highest BCUT2D eigenvalue weighted by Gasteiger charge is 2.62. The number of likely N-dealkylation sites (tertiary alicyclic amines) is 1. The Morgan fingerprint density at radius 3 is 2.37 bits per heavy atom. The van der Waals surface area contributed by atoms with E-state index in [0.717, 1.165) is 31.2 Å². The number of hydrogen-bond acceptors (Lipinski definition) is 9. The van der Waals surface area contributed by atoms with Gasteiger partial charge in [-0.25, -0.2) is 13.2 Å². The number of nitrogens with one attached hydrogen (secondary N) is 3. The minimum Gasteiger partial charge on any atom is -0.488 e. The lowest BCUT2D eigenvalue weighted by Crippen LogP contribution is -2.60. The SMILES string of the molecule is C=CC1C[C@]1(NC(=O)C1C[C@@H](Oc2ccnc(-c3ccccc3)c2)CN1C(=O)[C@@H](NC(=O)OC1CCCC1)C(C)(C)C)C(=O)NS(=O)(=O)C1CC1. The number of rotatable bonds is 12. The van der Waals surface area contributed by atoms with E-state index in [0.29, 0.717) is 24.3 Å². The number of pyridine rings is 1. The number of hydrogen-bond donors (Lipinski definition) is 3. The third-order valence-electron chi connectivity index (χ3n) is 10.2. The van der Waals surface area contributed by atoms with Crippen LogP contribution in [0.3, 0.4) is 0 Å². The molecule has 0 bridgehead atoms. The van der Waals surface area contributed by atoms with Gasteiger partial charge in [-0.1, -0.05) is 57.2 Å². The third-order valence-corrected chi connectivity index (χ3v) is 12.0. The van der Waals surface area contributed by atoms with Crippen LogP contribution in [0.4, 0.5) is 4.79 Å². The molecule has 51 heavy (non-hydrogen) atoms. The van der Waals surface area contributed by atoms with Crippen molar-refractivity contribution >= 4 is 33.8 Å². The smallest absolute Gasteiger partial charge is 0.408 e. The van der Waals surface area contributed by atoms with Crippen molar-refractivity contribution in [1.29, 1.82) is 0 Å². The second-order valence-electron chi connectivity index (χ2n) is 15.2. The van der Waals surface area contributed by atoms with E-state index in [-0.39, 0.29) is 25.5 Å². The van der Waals surface area contributed by atoms with Crippen molar-refractivity contribution < 1.29 is 37.1 Å². The second kappa shape index (κ2) is 14.3. The number of alkyl carbamates (subject to hydrolysis) is 1. The fourth-order valence-electron chi connectivity index (χ4n) is 6.96. The van der Waals surface area contributed by atoms with Crippen LogP contribution in [-0.4, -0.2) is 83.7 Å². The Morgan fingerprint density at radius 2 is 1.75 bits per heavy atom. The molecule has 4 aliphatic rings. The van der Waals surface area contributed by atoms with Crippen LogP contribution >= 0.6 is 0 Å². The Morgan fingerprint density at radius 1 is 1.04 bits per heavy atom. The van der Waals surface area contributed by atoms with Crippen molar-refractivity contribution in [3.8, 4) is 17.0 Å². The highest BCUT2D eigenvalue weighted by atomic mass is 32.2. The molecular formula is C37H47N5O8S. The van der Waals surface area contributed by atoms with Gasteiger partial charge in [0.1, 0.15) is 35.6 Å². The molecule has 14 heteroatoms. The van der Waals surface area contributed by atoms with Crippen molar-refractivity contribution in [2.45, 2.75) is 107 Å². The van der Waals surface area contributed by atoms with E-state index in [1.54, 1.807) is 18.3 Å². The monoisotopic (exact) mass is 721 g/mol. The first-order valence-corrected chi connectivity index (χ1v) is 19.2. The minimum atomic E-state index is -3.88. The van der Waals surface area contributed by atoms with Crippen LogP contribution in [0.2, 0.25) is 0 Å². The van der Waals surface area contributed by atoms with Crippen LogP contribution in [0.25, 0.3) is 11.3 Å². The molecule has 2 aromatic rings. The molecule has 5 atom stereocenters. The summed E-state index contributed by atoms with van der Waals surface area (Å²) < 4.78 is 39.5. The number of benzene rings is 1. The number of amides is 4. The first kappa shape index (κ1) is 36.3. The van der Waals surface area contributed by atoms with Gasteiger partial charge in [-0.3, -0.25) is 24.1 Å². The highest BCUT2D eigenvalue weighted by molar-refractivity contribution is 7.91. The van der Waals surface area contributed by atoms with E-state index >= 15 is 0 Å². The molecule has 4 fully saturated rings. The van der Waals surface area contributed by atoms with Crippen LogP contribution in [-0.2, 0) is 29.1 Å². The lowest BCUT2D eigenvalue weighted by molar-refractivity contribution is -0.143. The maximum absolute atomic E-state index is 14.5. The van der Waals surface area contributed by atoms with Gasteiger partial charge in [0, 0.05) is 30.2 Å². The molecule has 1 aliphatic heterocycles. The molecule has 2 heterocycles.